The summed E-state index contributed by atoms with van der Waals surface area (Å²) in [6, 6.07) is 10.3. The van der Waals surface area contributed by atoms with Crippen molar-refractivity contribution in [2.45, 2.75) is 38.9 Å². The van der Waals surface area contributed by atoms with E-state index >= 15 is 0 Å². The van der Waals surface area contributed by atoms with Crippen LogP contribution < -0.4 is 11.1 Å². The van der Waals surface area contributed by atoms with E-state index in [-0.39, 0.29) is 11.9 Å². The first-order valence-electron chi connectivity index (χ1n) is 7.38. The van der Waals surface area contributed by atoms with E-state index < -0.39 is 6.04 Å². The van der Waals surface area contributed by atoms with Gasteiger partial charge in [-0.05, 0) is 38.3 Å². The molecule has 110 valence electrons. The van der Waals surface area contributed by atoms with Gasteiger partial charge in [-0.3, -0.25) is 9.69 Å². The van der Waals surface area contributed by atoms with Gasteiger partial charge in [-0.25, -0.2) is 0 Å². The van der Waals surface area contributed by atoms with Gasteiger partial charge in [-0.2, -0.15) is 0 Å². The van der Waals surface area contributed by atoms with Crippen molar-refractivity contribution in [2.75, 3.05) is 13.1 Å². The van der Waals surface area contributed by atoms with E-state index in [4.69, 9.17) is 5.73 Å². The Morgan fingerprint density at radius 2 is 2.10 bits per heavy atom. The van der Waals surface area contributed by atoms with Crippen molar-refractivity contribution >= 4 is 5.91 Å². The van der Waals surface area contributed by atoms with E-state index in [1.165, 1.54) is 5.56 Å². The lowest BCUT2D eigenvalue weighted by molar-refractivity contribution is -0.122. The number of likely N-dealkylation sites (tertiary alicyclic amines) is 1. The first-order valence-corrected chi connectivity index (χ1v) is 7.38. The lowest BCUT2D eigenvalue weighted by Crippen LogP contribution is -2.46. The molecule has 0 bridgehead atoms. The number of hydrogen-bond acceptors (Lipinski definition) is 3. The number of benzene rings is 1. The number of nitrogens with zero attached hydrogens (tertiary/aromatic N) is 1. The van der Waals surface area contributed by atoms with E-state index in [9.17, 15) is 4.79 Å². The number of carbonyl (C=O) groups excluding carboxylic acids is 1. The fraction of sp³-hybridized carbons (Fsp3) is 0.562. The van der Waals surface area contributed by atoms with Gasteiger partial charge in [-0.15, -0.1) is 0 Å². The zero-order valence-electron chi connectivity index (χ0n) is 12.4. The Morgan fingerprint density at radius 3 is 2.75 bits per heavy atom. The minimum absolute atomic E-state index is 0.0565. The number of nitrogens with one attached hydrogen (secondary N) is 1. The SMILES string of the molecule is CC(NC(=O)[C@H](C)N)C1CCN(Cc2ccccc2)C1. The zero-order valence-corrected chi connectivity index (χ0v) is 12.4. The highest BCUT2D eigenvalue weighted by Crippen LogP contribution is 2.21. The van der Waals surface area contributed by atoms with Crippen LogP contribution in [-0.2, 0) is 11.3 Å². The molecule has 1 aliphatic heterocycles. The molecule has 2 unspecified atom stereocenters. The summed E-state index contributed by atoms with van der Waals surface area (Å²) in [5.74, 6) is 0.459. The van der Waals surface area contributed by atoms with Crippen LogP contribution in [0.15, 0.2) is 30.3 Å². The summed E-state index contributed by atoms with van der Waals surface area (Å²) < 4.78 is 0. The molecular formula is C16H25N3O. The second kappa shape index (κ2) is 6.86. The second-order valence-corrected chi connectivity index (χ2v) is 5.86. The van der Waals surface area contributed by atoms with Gasteiger partial charge in [0.15, 0.2) is 0 Å². The fourth-order valence-corrected chi connectivity index (χ4v) is 2.73. The smallest absolute Gasteiger partial charge is 0.236 e. The summed E-state index contributed by atoms with van der Waals surface area (Å²) in [5, 5.41) is 3.02. The van der Waals surface area contributed by atoms with Crippen molar-refractivity contribution in [3.8, 4) is 0 Å². The van der Waals surface area contributed by atoms with Gasteiger partial charge in [-0.1, -0.05) is 30.3 Å². The average Bonchev–Trinajstić information content (AvgIpc) is 2.88. The standard InChI is InChI=1S/C16H25N3O/c1-12(17)16(20)18-13(2)15-8-9-19(11-15)10-14-6-4-3-5-7-14/h3-7,12-13,15H,8-11,17H2,1-2H3,(H,18,20)/t12-,13?,15?/m0/s1. The third-order valence-electron chi connectivity index (χ3n) is 4.05. The summed E-state index contributed by atoms with van der Waals surface area (Å²) in [4.78, 5) is 14.1. The molecule has 0 saturated carbocycles. The fourth-order valence-electron chi connectivity index (χ4n) is 2.73. The Labute approximate surface area is 121 Å². The molecule has 1 heterocycles. The van der Waals surface area contributed by atoms with E-state index in [1.54, 1.807) is 6.92 Å². The zero-order chi connectivity index (χ0) is 14.5. The highest BCUT2D eigenvalue weighted by atomic mass is 16.2. The molecule has 3 atom stereocenters. The summed E-state index contributed by atoms with van der Waals surface area (Å²) >= 11 is 0. The van der Waals surface area contributed by atoms with Gasteiger partial charge in [0.1, 0.15) is 0 Å². The predicted octanol–water partition coefficient (Wildman–Crippen LogP) is 1.36. The van der Waals surface area contributed by atoms with Crippen molar-refractivity contribution in [2.24, 2.45) is 11.7 Å². The summed E-state index contributed by atoms with van der Waals surface area (Å²) in [6.07, 6.45) is 1.13. The summed E-state index contributed by atoms with van der Waals surface area (Å²) in [6.45, 7) is 6.92. The molecule has 1 amide bonds. The van der Waals surface area contributed by atoms with Crippen molar-refractivity contribution < 1.29 is 4.79 Å². The molecule has 1 fully saturated rings. The number of nitrogens with two attached hydrogens (primary N) is 1. The summed E-state index contributed by atoms with van der Waals surface area (Å²) in [5.41, 5.74) is 6.94. The normalized spacial score (nSPS) is 22.4. The molecule has 0 aliphatic carbocycles. The van der Waals surface area contributed by atoms with Gasteiger partial charge in [0.2, 0.25) is 5.91 Å². The van der Waals surface area contributed by atoms with Crippen LogP contribution in [-0.4, -0.2) is 36.0 Å². The number of amides is 1. The number of hydrogen-bond donors (Lipinski definition) is 2. The summed E-state index contributed by atoms with van der Waals surface area (Å²) in [7, 11) is 0. The topological polar surface area (TPSA) is 58.4 Å². The van der Waals surface area contributed by atoms with Crippen LogP contribution in [0.25, 0.3) is 0 Å². The molecule has 1 aliphatic rings. The maximum atomic E-state index is 11.6. The minimum atomic E-state index is -0.431. The van der Waals surface area contributed by atoms with Crippen LogP contribution in [0.2, 0.25) is 0 Å². The quantitative estimate of drug-likeness (QED) is 0.853. The maximum absolute atomic E-state index is 11.6. The molecule has 0 spiro atoms. The molecule has 2 rings (SSSR count). The van der Waals surface area contributed by atoms with E-state index in [2.05, 4.69) is 41.4 Å². The largest absolute Gasteiger partial charge is 0.352 e. The van der Waals surface area contributed by atoms with Crippen molar-refractivity contribution in [1.29, 1.82) is 0 Å². The molecule has 1 aromatic rings. The van der Waals surface area contributed by atoms with Gasteiger partial charge in [0, 0.05) is 19.1 Å². The molecule has 4 nitrogen and oxygen atoms in total. The van der Waals surface area contributed by atoms with Crippen LogP contribution in [0.3, 0.4) is 0 Å². The van der Waals surface area contributed by atoms with Gasteiger partial charge in [0.05, 0.1) is 6.04 Å². The Hall–Kier alpha value is -1.39. The Kier molecular flexibility index (Phi) is 5.15. The van der Waals surface area contributed by atoms with Crippen LogP contribution in [0, 0.1) is 5.92 Å². The Morgan fingerprint density at radius 1 is 1.40 bits per heavy atom. The van der Waals surface area contributed by atoms with Crippen LogP contribution >= 0.6 is 0 Å². The monoisotopic (exact) mass is 275 g/mol. The van der Waals surface area contributed by atoms with Crippen LogP contribution in [0.1, 0.15) is 25.8 Å². The predicted molar refractivity (Wildman–Crippen MR) is 81.1 cm³/mol. The van der Waals surface area contributed by atoms with Crippen LogP contribution in [0.5, 0.6) is 0 Å². The van der Waals surface area contributed by atoms with Gasteiger partial charge in [0.25, 0.3) is 0 Å². The van der Waals surface area contributed by atoms with Crippen LogP contribution in [0.4, 0.5) is 0 Å². The Bertz CT molecular complexity index is 433. The minimum Gasteiger partial charge on any atom is -0.352 e. The van der Waals surface area contributed by atoms with Crippen molar-refractivity contribution in [1.82, 2.24) is 10.2 Å². The van der Waals surface area contributed by atoms with Gasteiger partial charge < -0.3 is 11.1 Å². The third-order valence-corrected chi connectivity index (χ3v) is 4.05. The number of rotatable bonds is 5. The lowest BCUT2D eigenvalue weighted by Gasteiger charge is -2.22. The molecule has 0 radical (unpaired) electrons. The first-order chi connectivity index (χ1) is 9.56. The molecule has 20 heavy (non-hydrogen) atoms. The highest BCUT2D eigenvalue weighted by Gasteiger charge is 2.28. The van der Waals surface area contributed by atoms with Crippen molar-refractivity contribution in [3.05, 3.63) is 35.9 Å². The Balaban J connectivity index is 1.81. The average molecular weight is 275 g/mol. The third kappa shape index (κ3) is 4.05. The molecule has 1 aromatic carbocycles. The number of carbonyl (C=O) groups is 1. The molecule has 3 N–H and O–H groups in total. The molecule has 1 saturated heterocycles. The molecule has 4 heteroatoms. The first kappa shape index (κ1) is 15.0. The van der Waals surface area contributed by atoms with E-state index in [0.717, 1.165) is 26.1 Å². The lowest BCUT2D eigenvalue weighted by atomic mass is 10.0. The second-order valence-electron chi connectivity index (χ2n) is 5.86. The van der Waals surface area contributed by atoms with Gasteiger partial charge >= 0.3 is 0 Å². The van der Waals surface area contributed by atoms with E-state index in [1.807, 2.05) is 6.07 Å². The highest BCUT2D eigenvalue weighted by molar-refractivity contribution is 5.81. The molecular weight excluding hydrogens is 250 g/mol. The van der Waals surface area contributed by atoms with E-state index in [0.29, 0.717) is 5.92 Å². The van der Waals surface area contributed by atoms with Crippen molar-refractivity contribution in [3.63, 3.8) is 0 Å². The maximum Gasteiger partial charge on any atom is 0.236 e. The molecule has 0 aromatic heterocycles.